The number of benzene rings is 1. The van der Waals surface area contributed by atoms with Gasteiger partial charge in [0.2, 0.25) is 0 Å². The standard InChI is InChI=1S/C23H38N4O.HI/c1-3-24-23(26-21-10-12-22(28)13-11-21)25-15-19-6-8-20(9-7-19)17-27-14-4-5-18(2)16-27;/h6-9,18,21-22,28H,3-5,10-17H2,1-2H3,(H2,24,25,26);1H. The molecule has 1 saturated heterocycles. The zero-order valence-electron chi connectivity index (χ0n) is 18.1. The summed E-state index contributed by atoms with van der Waals surface area (Å²) >= 11 is 0. The van der Waals surface area contributed by atoms with E-state index in [-0.39, 0.29) is 30.1 Å². The molecule has 1 aromatic rings. The lowest BCUT2D eigenvalue weighted by Crippen LogP contribution is -2.45. The number of piperidine rings is 1. The van der Waals surface area contributed by atoms with Crippen molar-refractivity contribution in [2.75, 3.05) is 19.6 Å². The molecule has 1 aliphatic heterocycles. The Morgan fingerprint density at radius 2 is 1.79 bits per heavy atom. The summed E-state index contributed by atoms with van der Waals surface area (Å²) in [5.74, 6) is 1.71. The molecule has 2 aliphatic rings. The van der Waals surface area contributed by atoms with Crippen molar-refractivity contribution in [1.82, 2.24) is 15.5 Å². The third-order valence-electron chi connectivity index (χ3n) is 5.97. The van der Waals surface area contributed by atoms with Crippen LogP contribution in [0.25, 0.3) is 0 Å². The first-order chi connectivity index (χ1) is 13.6. The molecule has 6 heteroatoms. The molecule has 5 nitrogen and oxygen atoms in total. The summed E-state index contributed by atoms with van der Waals surface area (Å²) in [6.45, 7) is 9.51. The molecule has 0 aromatic heterocycles. The average Bonchev–Trinajstić information content (AvgIpc) is 2.69. The molecule has 1 unspecified atom stereocenters. The minimum atomic E-state index is -0.121. The first-order valence-electron chi connectivity index (χ1n) is 11.2. The van der Waals surface area contributed by atoms with Gasteiger partial charge in [-0.15, -0.1) is 24.0 Å². The lowest BCUT2D eigenvalue weighted by atomic mass is 9.93. The molecule has 1 heterocycles. The highest BCUT2D eigenvalue weighted by Gasteiger charge is 2.20. The molecule has 164 valence electrons. The zero-order chi connectivity index (χ0) is 19.8. The third kappa shape index (κ3) is 8.42. The largest absolute Gasteiger partial charge is 0.393 e. The van der Waals surface area contributed by atoms with Crippen LogP contribution >= 0.6 is 24.0 Å². The van der Waals surface area contributed by atoms with E-state index in [0.717, 1.165) is 50.7 Å². The Morgan fingerprint density at radius 3 is 2.45 bits per heavy atom. The maximum Gasteiger partial charge on any atom is 0.191 e. The van der Waals surface area contributed by atoms with Gasteiger partial charge in [-0.25, -0.2) is 4.99 Å². The van der Waals surface area contributed by atoms with Gasteiger partial charge in [0.05, 0.1) is 12.6 Å². The fraction of sp³-hybridized carbons (Fsp3) is 0.696. The van der Waals surface area contributed by atoms with Crippen LogP contribution in [0.2, 0.25) is 0 Å². The maximum atomic E-state index is 9.68. The minimum Gasteiger partial charge on any atom is -0.393 e. The van der Waals surface area contributed by atoms with Crippen LogP contribution in [-0.4, -0.2) is 47.7 Å². The van der Waals surface area contributed by atoms with Crippen molar-refractivity contribution in [1.29, 1.82) is 0 Å². The number of aliphatic hydroxyl groups is 1. The van der Waals surface area contributed by atoms with Crippen LogP contribution in [0.1, 0.15) is 63.5 Å². The van der Waals surface area contributed by atoms with E-state index in [9.17, 15) is 5.11 Å². The van der Waals surface area contributed by atoms with Crippen molar-refractivity contribution in [2.24, 2.45) is 10.9 Å². The van der Waals surface area contributed by atoms with Crippen molar-refractivity contribution >= 4 is 29.9 Å². The quantitative estimate of drug-likeness (QED) is 0.306. The van der Waals surface area contributed by atoms with Crippen molar-refractivity contribution in [3.05, 3.63) is 35.4 Å². The molecule has 0 radical (unpaired) electrons. The summed E-state index contributed by atoms with van der Waals surface area (Å²) in [5.41, 5.74) is 2.64. The van der Waals surface area contributed by atoms with Gasteiger partial charge in [-0.2, -0.15) is 0 Å². The number of rotatable bonds is 6. The highest BCUT2D eigenvalue weighted by molar-refractivity contribution is 14.0. The molecule has 0 amide bonds. The Labute approximate surface area is 193 Å². The highest BCUT2D eigenvalue weighted by atomic mass is 127. The maximum absolute atomic E-state index is 9.68. The minimum absolute atomic E-state index is 0. The number of hydrogen-bond donors (Lipinski definition) is 3. The monoisotopic (exact) mass is 514 g/mol. The van der Waals surface area contributed by atoms with E-state index in [2.05, 4.69) is 53.6 Å². The van der Waals surface area contributed by atoms with Crippen molar-refractivity contribution in [2.45, 2.75) is 77.6 Å². The number of halogens is 1. The normalized spacial score (nSPS) is 25.9. The zero-order valence-corrected chi connectivity index (χ0v) is 20.4. The van der Waals surface area contributed by atoms with Gasteiger partial charge in [0.15, 0.2) is 5.96 Å². The summed E-state index contributed by atoms with van der Waals surface area (Å²) < 4.78 is 0. The molecular formula is C23H39IN4O. The summed E-state index contributed by atoms with van der Waals surface area (Å²) in [4.78, 5) is 7.35. The van der Waals surface area contributed by atoms with Crippen LogP contribution in [-0.2, 0) is 13.1 Å². The van der Waals surface area contributed by atoms with Gasteiger partial charge < -0.3 is 15.7 Å². The molecular weight excluding hydrogens is 475 g/mol. The van der Waals surface area contributed by atoms with Crippen LogP contribution < -0.4 is 10.6 Å². The Kier molecular flexibility index (Phi) is 10.7. The summed E-state index contributed by atoms with van der Waals surface area (Å²) in [5, 5.41) is 16.6. The van der Waals surface area contributed by atoms with Crippen LogP contribution in [0, 0.1) is 5.92 Å². The second-order valence-corrected chi connectivity index (χ2v) is 8.64. The van der Waals surface area contributed by atoms with Gasteiger partial charge in [0.25, 0.3) is 0 Å². The Bertz CT molecular complexity index is 614. The van der Waals surface area contributed by atoms with Crippen LogP contribution in [0.5, 0.6) is 0 Å². The molecule has 29 heavy (non-hydrogen) atoms. The number of hydrogen-bond acceptors (Lipinski definition) is 3. The summed E-state index contributed by atoms with van der Waals surface area (Å²) in [7, 11) is 0. The predicted molar refractivity (Wildman–Crippen MR) is 132 cm³/mol. The van der Waals surface area contributed by atoms with Gasteiger partial charge in [-0.3, -0.25) is 4.90 Å². The van der Waals surface area contributed by atoms with Crippen molar-refractivity contribution in [3.63, 3.8) is 0 Å². The van der Waals surface area contributed by atoms with Crippen LogP contribution in [0.3, 0.4) is 0 Å². The van der Waals surface area contributed by atoms with Crippen LogP contribution in [0.4, 0.5) is 0 Å². The second kappa shape index (κ2) is 12.7. The smallest absolute Gasteiger partial charge is 0.191 e. The Balaban J connectivity index is 0.00000300. The Hall–Kier alpha value is -0.860. The van der Waals surface area contributed by atoms with Crippen molar-refractivity contribution < 1.29 is 5.11 Å². The van der Waals surface area contributed by atoms with E-state index in [4.69, 9.17) is 4.99 Å². The lowest BCUT2D eigenvalue weighted by molar-refractivity contribution is 0.120. The molecule has 0 bridgehead atoms. The molecule has 1 atom stereocenters. The first-order valence-corrected chi connectivity index (χ1v) is 11.2. The predicted octanol–water partition coefficient (Wildman–Crippen LogP) is 3.90. The van der Waals surface area contributed by atoms with E-state index in [1.807, 2.05) is 0 Å². The van der Waals surface area contributed by atoms with E-state index in [0.29, 0.717) is 12.6 Å². The lowest BCUT2D eigenvalue weighted by Gasteiger charge is -2.30. The average molecular weight is 514 g/mol. The second-order valence-electron chi connectivity index (χ2n) is 8.64. The molecule has 2 fully saturated rings. The fourth-order valence-electron chi connectivity index (χ4n) is 4.34. The topological polar surface area (TPSA) is 59.9 Å². The third-order valence-corrected chi connectivity index (χ3v) is 5.97. The van der Waals surface area contributed by atoms with Gasteiger partial charge in [-0.05, 0) is 69.0 Å². The number of aliphatic hydroxyl groups excluding tert-OH is 1. The van der Waals surface area contributed by atoms with Crippen LogP contribution in [0.15, 0.2) is 29.3 Å². The molecule has 0 spiro atoms. The molecule has 1 aliphatic carbocycles. The number of likely N-dealkylation sites (tertiary alicyclic amines) is 1. The van der Waals surface area contributed by atoms with E-state index in [1.54, 1.807) is 0 Å². The number of aliphatic imine (C=N–C) groups is 1. The number of guanidine groups is 1. The molecule has 1 saturated carbocycles. The van der Waals surface area contributed by atoms with E-state index in [1.165, 1.54) is 37.1 Å². The highest BCUT2D eigenvalue weighted by Crippen LogP contribution is 2.19. The Morgan fingerprint density at radius 1 is 1.10 bits per heavy atom. The van der Waals surface area contributed by atoms with Gasteiger partial charge in [-0.1, -0.05) is 31.2 Å². The van der Waals surface area contributed by atoms with Gasteiger partial charge >= 0.3 is 0 Å². The first kappa shape index (κ1) is 24.4. The van der Waals surface area contributed by atoms with Gasteiger partial charge in [0, 0.05) is 25.7 Å². The molecule has 1 aromatic carbocycles. The van der Waals surface area contributed by atoms with Crippen molar-refractivity contribution in [3.8, 4) is 0 Å². The van der Waals surface area contributed by atoms with E-state index >= 15 is 0 Å². The number of nitrogens with zero attached hydrogens (tertiary/aromatic N) is 2. The summed E-state index contributed by atoms with van der Waals surface area (Å²) in [6, 6.07) is 9.36. The number of nitrogens with one attached hydrogen (secondary N) is 2. The fourth-order valence-corrected chi connectivity index (χ4v) is 4.34. The summed E-state index contributed by atoms with van der Waals surface area (Å²) in [6.07, 6.45) is 6.36. The van der Waals surface area contributed by atoms with Gasteiger partial charge in [0.1, 0.15) is 0 Å². The molecule has 3 rings (SSSR count). The molecule has 3 N–H and O–H groups in total. The SMILES string of the molecule is CCNC(=NCc1ccc(CN2CCCC(C)C2)cc1)NC1CCC(O)CC1.I. The van der Waals surface area contributed by atoms with E-state index < -0.39 is 0 Å².